The van der Waals surface area contributed by atoms with Gasteiger partial charge in [-0.3, -0.25) is 10.1 Å². The largest absolute Gasteiger partial charge is 0.496 e. The van der Waals surface area contributed by atoms with Crippen LogP contribution in [0.1, 0.15) is 57.7 Å². The van der Waals surface area contributed by atoms with Crippen LogP contribution in [0.4, 0.5) is 0 Å². The first kappa shape index (κ1) is 18.5. The standard InChI is InChI=1S/C18H29NO3/c1-12-11-14(7-8-16(12)22-6)13(2)19-15(17(20)21)9-10-18(3,4)5/h7-8,11,13,15,19H,9-10H2,1-6H3,(H,20,21)/t13-,15+/m1/s1. The van der Waals surface area contributed by atoms with E-state index in [0.717, 1.165) is 23.3 Å². The minimum absolute atomic E-state index is 0.0225. The van der Waals surface area contributed by atoms with Crippen molar-refractivity contribution < 1.29 is 14.6 Å². The van der Waals surface area contributed by atoms with Gasteiger partial charge in [-0.25, -0.2) is 0 Å². The predicted molar refractivity (Wildman–Crippen MR) is 89.4 cm³/mol. The first-order valence-electron chi connectivity index (χ1n) is 7.77. The molecule has 0 fully saturated rings. The fraction of sp³-hybridized carbons (Fsp3) is 0.611. The average Bonchev–Trinajstić information content (AvgIpc) is 2.41. The summed E-state index contributed by atoms with van der Waals surface area (Å²) in [6.07, 6.45) is 1.49. The van der Waals surface area contributed by atoms with E-state index in [2.05, 4.69) is 26.1 Å². The van der Waals surface area contributed by atoms with Crippen molar-refractivity contribution in [3.05, 3.63) is 29.3 Å². The first-order chi connectivity index (χ1) is 10.1. The third-order valence-corrected chi connectivity index (χ3v) is 3.85. The number of methoxy groups -OCH3 is 1. The molecule has 0 heterocycles. The molecule has 22 heavy (non-hydrogen) atoms. The lowest BCUT2D eigenvalue weighted by atomic mass is 9.88. The van der Waals surface area contributed by atoms with E-state index in [1.54, 1.807) is 7.11 Å². The lowest BCUT2D eigenvalue weighted by Gasteiger charge is -2.24. The fourth-order valence-electron chi connectivity index (χ4n) is 2.42. The number of aliphatic carboxylic acids is 1. The molecule has 0 unspecified atom stereocenters. The van der Waals surface area contributed by atoms with Gasteiger partial charge in [0.15, 0.2) is 0 Å². The third-order valence-electron chi connectivity index (χ3n) is 3.85. The Kier molecular flexibility index (Phi) is 6.42. The molecule has 0 aliphatic carbocycles. The molecule has 1 aromatic rings. The topological polar surface area (TPSA) is 58.6 Å². The quantitative estimate of drug-likeness (QED) is 0.801. The number of hydrogen-bond donors (Lipinski definition) is 2. The van der Waals surface area contributed by atoms with E-state index < -0.39 is 12.0 Å². The van der Waals surface area contributed by atoms with Gasteiger partial charge in [-0.15, -0.1) is 0 Å². The van der Waals surface area contributed by atoms with Crippen molar-refractivity contribution in [1.29, 1.82) is 0 Å². The van der Waals surface area contributed by atoms with Gasteiger partial charge in [0, 0.05) is 6.04 Å². The Morgan fingerprint density at radius 2 is 2.00 bits per heavy atom. The van der Waals surface area contributed by atoms with Gasteiger partial charge in [0.05, 0.1) is 7.11 Å². The molecule has 4 heteroatoms. The molecule has 0 saturated heterocycles. The number of carboxylic acid groups (broad SMARTS) is 1. The lowest BCUT2D eigenvalue weighted by Crippen LogP contribution is -2.39. The molecule has 0 aliphatic rings. The van der Waals surface area contributed by atoms with Gasteiger partial charge < -0.3 is 9.84 Å². The lowest BCUT2D eigenvalue weighted by molar-refractivity contribution is -0.140. The summed E-state index contributed by atoms with van der Waals surface area (Å²) in [7, 11) is 1.65. The van der Waals surface area contributed by atoms with Crippen LogP contribution in [0.5, 0.6) is 5.75 Å². The van der Waals surface area contributed by atoms with Crippen molar-refractivity contribution >= 4 is 5.97 Å². The van der Waals surface area contributed by atoms with Gasteiger partial charge in [0.2, 0.25) is 0 Å². The van der Waals surface area contributed by atoms with Crippen molar-refractivity contribution in [1.82, 2.24) is 5.32 Å². The highest BCUT2D eigenvalue weighted by molar-refractivity contribution is 5.73. The second-order valence-corrected chi connectivity index (χ2v) is 7.11. The zero-order chi connectivity index (χ0) is 16.9. The van der Waals surface area contributed by atoms with Crippen LogP contribution < -0.4 is 10.1 Å². The molecule has 2 atom stereocenters. The van der Waals surface area contributed by atoms with Crippen molar-refractivity contribution in [2.45, 2.75) is 59.5 Å². The van der Waals surface area contributed by atoms with Crippen LogP contribution in [-0.4, -0.2) is 24.2 Å². The van der Waals surface area contributed by atoms with Gasteiger partial charge in [-0.05, 0) is 49.3 Å². The van der Waals surface area contributed by atoms with Crippen LogP contribution in [0, 0.1) is 12.3 Å². The predicted octanol–water partition coefficient (Wildman–Crippen LogP) is 3.93. The SMILES string of the molecule is COc1ccc([C@@H](C)N[C@@H](CCC(C)(C)C)C(=O)O)cc1C. The third kappa shape index (κ3) is 5.68. The summed E-state index contributed by atoms with van der Waals surface area (Å²) in [5, 5.41) is 12.6. The molecule has 1 aromatic carbocycles. The number of aryl methyl sites for hydroxylation is 1. The minimum atomic E-state index is -0.790. The van der Waals surface area contributed by atoms with Crippen LogP contribution in [0.2, 0.25) is 0 Å². The number of rotatable bonds is 7. The number of hydrogen-bond acceptors (Lipinski definition) is 3. The van der Waals surface area contributed by atoms with E-state index >= 15 is 0 Å². The summed E-state index contributed by atoms with van der Waals surface area (Å²) in [4.78, 5) is 11.5. The molecule has 0 aromatic heterocycles. The van der Waals surface area contributed by atoms with E-state index in [0.29, 0.717) is 6.42 Å². The maximum atomic E-state index is 11.5. The zero-order valence-electron chi connectivity index (χ0n) is 14.6. The zero-order valence-corrected chi connectivity index (χ0v) is 14.6. The highest BCUT2D eigenvalue weighted by atomic mass is 16.5. The Hall–Kier alpha value is -1.55. The highest BCUT2D eigenvalue weighted by Gasteiger charge is 2.23. The number of ether oxygens (including phenoxy) is 1. The number of benzene rings is 1. The van der Waals surface area contributed by atoms with Crippen molar-refractivity contribution in [3.63, 3.8) is 0 Å². The molecule has 4 nitrogen and oxygen atoms in total. The van der Waals surface area contributed by atoms with Gasteiger partial charge in [-0.2, -0.15) is 0 Å². The van der Waals surface area contributed by atoms with Crippen molar-refractivity contribution in [2.24, 2.45) is 5.41 Å². The van der Waals surface area contributed by atoms with Gasteiger partial charge in [0.25, 0.3) is 0 Å². The second kappa shape index (κ2) is 7.63. The molecule has 0 aliphatic heterocycles. The van der Waals surface area contributed by atoms with Crippen LogP contribution >= 0.6 is 0 Å². The molecule has 0 radical (unpaired) electrons. The second-order valence-electron chi connectivity index (χ2n) is 7.11. The molecule has 2 N–H and O–H groups in total. The molecule has 1 rings (SSSR count). The Labute approximate surface area is 133 Å². The van der Waals surface area contributed by atoms with E-state index in [1.165, 1.54) is 0 Å². The molecular weight excluding hydrogens is 278 g/mol. The summed E-state index contributed by atoms with van der Waals surface area (Å²) < 4.78 is 5.26. The molecule has 0 saturated carbocycles. The normalized spacial score (nSPS) is 14.5. The van der Waals surface area contributed by atoms with Crippen LogP contribution in [-0.2, 0) is 4.79 Å². The van der Waals surface area contributed by atoms with Crippen LogP contribution in [0.15, 0.2) is 18.2 Å². The summed E-state index contributed by atoms with van der Waals surface area (Å²) in [5.41, 5.74) is 2.26. The van der Waals surface area contributed by atoms with E-state index in [4.69, 9.17) is 4.74 Å². The number of carboxylic acids is 1. The van der Waals surface area contributed by atoms with Crippen molar-refractivity contribution in [2.75, 3.05) is 7.11 Å². The first-order valence-corrected chi connectivity index (χ1v) is 7.77. The summed E-state index contributed by atoms with van der Waals surface area (Å²) >= 11 is 0. The smallest absolute Gasteiger partial charge is 0.320 e. The number of nitrogens with one attached hydrogen (secondary N) is 1. The molecule has 124 valence electrons. The van der Waals surface area contributed by atoms with Crippen LogP contribution in [0.3, 0.4) is 0 Å². The highest BCUT2D eigenvalue weighted by Crippen LogP contribution is 2.25. The minimum Gasteiger partial charge on any atom is -0.496 e. The maximum absolute atomic E-state index is 11.5. The van der Waals surface area contributed by atoms with Crippen molar-refractivity contribution in [3.8, 4) is 5.75 Å². The summed E-state index contributed by atoms with van der Waals surface area (Å²) in [6.45, 7) is 10.4. The molecule has 0 amide bonds. The number of carbonyl (C=O) groups is 1. The molecule has 0 bridgehead atoms. The Morgan fingerprint density at radius 3 is 2.45 bits per heavy atom. The summed E-state index contributed by atoms with van der Waals surface area (Å²) in [5.74, 6) is 0.0554. The fourth-order valence-corrected chi connectivity index (χ4v) is 2.42. The van der Waals surface area contributed by atoms with Gasteiger partial charge in [-0.1, -0.05) is 32.9 Å². The average molecular weight is 307 g/mol. The monoisotopic (exact) mass is 307 g/mol. The molecule has 0 spiro atoms. The summed E-state index contributed by atoms with van der Waals surface area (Å²) in [6, 6.07) is 5.39. The Morgan fingerprint density at radius 1 is 1.36 bits per heavy atom. The van der Waals surface area contributed by atoms with Gasteiger partial charge in [0.1, 0.15) is 11.8 Å². The van der Waals surface area contributed by atoms with E-state index in [-0.39, 0.29) is 11.5 Å². The van der Waals surface area contributed by atoms with Crippen LogP contribution in [0.25, 0.3) is 0 Å². The Balaban J connectivity index is 2.76. The maximum Gasteiger partial charge on any atom is 0.320 e. The molecular formula is C18H29NO3. The van der Waals surface area contributed by atoms with Gasteiger partial charge >= 0.3 is 5.97 Å². The van der Waals surface area contributed by atoms with E-state index in [1.807, 2.05) is 32.0 Å². The van der Waals surface area contributed by atoms with E-state index in [9.17, 15) is 9.90 Å². The Bertz CT molecular complexity index is 506.